The Bertz CT molecular complexity index is 480. The van der Waals surface area contributed by atoms with Gasteiger partial charge in [-0.2, -0.15) is 0 Å². The van der Waals surface area contributed by atoms with Crippen molar-refractivity contribution in [2.24, 2.45) is 11.8 Å². The summed E-state index contributed by atoms with van der Waals surface area (Å²) in [7, 11) is 0. The van der Waals surface area contributed by atoms with Gasteiger partial charge in [-0.15, -0.1) is 0 Å². The lowest BCUT2D eigenvalue weighted by molar-refractivity contribution is 0.0921. The second kappa shape index (κ2) is 6.90. The average Bonchev–Trinajstić information content (AvgIpc) is 2.63. The number of carbonyl (C=O) groups excluding carboxylic acids is 1. The van der Waals surface area contributed by atoms with E-state index in [1.165, 1.54) is 19.3 Å². The first kappa shape index (κ1) is 15.1. The third-order valence-electron chi connectivity index (χ3n) is 3.88. The Kier molecular flexibility index (Phi) is 5.20. The van der Waals surface area contributed by atoms with Gasteiger partial charge in [0.2, 0.25) is 0 Å². The van der Waals surface area contributed by atoms with Crippen LogP contribution in [0.15, 0.2) is 12.1 Å². The Balaban J connectivity index is 2.09. The largest absolute Gasteiger partial charge is 0.349 e. The zero-order valence-electron chi connectivity index (χ0n) is 11.7. The van der Waals surface area contributed by atoms with Crippen LogP contribution in [0.2, 0.25) is 5.15 Å². The van der Waals surface area contributed by atoms with E-state index >= 15 is 0 Å². The summed E-state index contributed by atoms with van der Waals surface area (Å²) < 4.78 is 0. The molecule has 0 aromatic carbocycles. The van der Waals surface area contributed by atoms with E-state index in [0.29, 0.717) is 17.3 Å². The second-order valence-corrected chi connectivity index (χ2v) is 5.79. The lowest BCUT2D eigenvalue weighted by Gasteiger charge is -2.23. The number of pyridine rings is 1. The molecule has 20 heavy (non-hydrogen) atoms. The molecule has 0 bridgehead atoms. The maximum Gasteiger partial charge on any atom is 0.251 e. The molecule has 1 aliphatic rings. The smallest absolute Gasteiger partial charge is 0.251 e. The van der Waals surface area contributed by atoms with Crippen LogP contribution in [-0.4, -0.2) is 16.9 Å². The van der Waals surface area contributed by atoms with E-state index in [0.717, 1.165) is 12.8 Å². The van der Waals surface area contributed by atoms with Gasteiger partial charge >= 0.3 is 0 Å². The van der Waals surface area contributed by atoms with Crippen molar-refractivity contribution in [3.8, 4) is 0 Å². The van der Waals surface area contributed by atoms with Gasteiger partial charge in [-0.3, -0.25) is 4.79 Å². The van der Waals surface area contributed by atoms with E-state index in [9.17, 15) is 4.79 Å². The molecule has 0 saturated heterocycles. The monoisotopic (exact) mass is 296 g/mol. The highest BCUT2D eigenvalue weighted by Crippen LogP contribution is 2.23. The molecule has 1 aromatic heterocycles. The van der Waals surface area contributed by atoms with Crippen LogP contribution in [-0.2, 0) is 0 Å². The fourth-order valence-corrected chi connectivity index (χ4v) is 2.87. The minimum atomic E-state index is -0.121. The number of nitrogens with two attached hydrogens (primary N) is 1. The first-order valence-corrected chi connectivity index (χ1v) is 7.43. The maximum absolute atomic E-state index is 12.3. The Labute approximate surface area is 124 Å². The Morgan fingerprint density at radius 3 is 2.85 bits per heavy atom. The van der Waals surface area contributed by atoms with Crippen molar-refractivity contribution in [2.45, 2.75) is 45.1 Å². The summed E-state index contributed by atoms with van der Waals surface area (Å²) in [6.45, 7) is 2.20. The highest BCUT2D eigenvalue weighted by molar-refractivity contribution is 6.29. The number of hydrazine groups is 1. The molecule has 2 atom stereocenters. The van der Waals surface area contributed by atoms with Gasteiger partial charge in [0.25, 0.3) is 5.91 Å². The summed E-state index contributed by atoms with van der Waals surface area (Å²) in [6, 6.07) is 3.38. The van der Waals surface area contributed by atoms with Gasteiger partial charge in [0.1, 0.15) is 11.0 Å². The van der Waals surface area contributed by atoms with Crippen molar-refractivity contribution in [1.82, 2.24) is 10.3 Å². The zero-order chi connectivity index (χ0) is 14.5. The molecule has 110 valence electrons. The van der Waals surface area contributed by atoms with Crippen molar-refractivity contribution in [3.05, 3.63) is 22.8 Å². The van der Waals surface area contributed by atoms with Crippen LogP contribution in [0, 0.1) is 5.92 Å². The van der Waals surface area contributed by atoms with Crippen LogP contribution in [0.1, 0.15) is 49.4 Å². The van der Waals surface area contributed by atoms with Crippen molar-refractivity contribution in [2.75, 3.05) is 5.43 Å². The van der Waals surface area contributed by atoms with Gasteiger partial charge in [0.15, 0.2) is 0 Å². The van der Waals surface area contributed by atoms with Gasteiger partial charge < -0.3 is 10.7 Å². The molecule has 1 saturated carbocycles. The first-order chi connectivity index (χ1) is 9.60. The lowest BCUT2D eigenvalue weighted by atomic mass is 9.96. The molecule has 1 heterocycles. The van der Waals surface area contributed by atoms with Crippen LogP contribution < -0.4 is 16.6 Å². The zero-order valence-corrected chi connectivity index (χ0v) is 12.4. The van der Waals surface area contributed by atoms with E-state index in [2.05, 4.69) is 22.7 Å². The maximum atomic E-state index is 12.3. The van der Waals surface area contributed by atoms with E-state index in [1.807, 2.05) is 0 Å². The number of aromatic nitrogens is 1. The predicted molar refractivity (Wildman–Crippen MR) is 80.6 cm³/mol. The number of carbonyl (C=O) groups is 1. The first-order valence-electron chi connectivity index (χ1n) is 7.05. The predicted octanol–water partition coefficient (Wildman–Crippen LogP) is 2.72. The number of anilines is 1. The Morgan fingerprint density at radius 1 is 1.35 bits per heavy atom. The molecule has 0 radical (unpaired) electrons. The number of hydrogen-bond acceptors (Lipinski definition) is 4. The Hall–Kier alpha value is -1.33. The average molecular weight is 297 g/mol. The van der Waals surface area contributed by atoms with E-state index < -0.39 is 0 Å². The van der Waals surface area contributed by atoms with Gasteiger partial charge in [0.05, 0.1) is 0 Å². The molecule has 2 unspecified atom stereocenters. The van der Waals surface area contributed by atoms with E-state index in [-0.39, 0.29) is 17.1 Å². The summed E-state index contributed by atoms with van der Waals surface area (Å²) in [5, 5.41) is 3.36. The molecule has 1 amide bonds. The van der Waals surface area contributed by atoms with Crippen LogP contribution in [0.4, 0.5) is 5.82 Å². The number of hydrogen-bond donors (Lipinski definition) is 3. The summed E-state index contributed by atoms with van der Waals surface area (Å²) in [6.07, 6.45) is 5.86. The molecular formula is C14H21ClN4O. The summed E-state index contributed by atoms with van der Waals surface area (Å²) in [4.78, 5) is 16.3. The molecule has 6 heteroatoms. The van der Waals surface area contributed by atoms with E-state index in [1.54, 1.807) is 12.1 Å². The Morgan fingerprint density at radius 2 is 2.10 bits per heavy atom. The fraction of sp³-hybridized carbons (Fsp3) is 0.571. The standard InChI is InChI=1S/C14H21ClN4O/c1-9-5-3-2-4-6-11(9)17-14(20)10-7-12(15)18-13(8-10)19-16/h7-9,11H,2-6,16H2,1H3,(H,17,20)(H,18,19). The normalized spacial score (nSPS) is 22.9. The number of nitrogens with zero attached hydrogens (tertiary/aromatic N) is 1. The minimum absolute atomic E-state index is 0.121. The second-order valence-electron chi connectivity index (χ2n) is 5.40. The third-order valence-corrected chi connectivity index (χ3v) is 4.08. The third kappa shape index (κ3) is 3.84. The number of rotatable bonds is 3. The highest BCUT2D eigenvalue weighted by Gasteiger charge is 2.22. The SMILES string of the molecule is CC1CCCCCC1NC(=O)c1cc(Cl)nc(NN)c1. The summed E-state index contributed by atoms with van der Waals surface area (Å²) in [5.74, 6) is 6.08. The van der Waals surface area contributed by atoms with Gasteiger partial charge in [0, 0.05) is 11.6 Å². The van der Waals surface area contributed by atoms with E-state index in [4.69, 9.17) is 17.4 Å². The molecular weight excluding hydrogens is 276 g/mol. The molecule has 1 fully saturated rings. The molecule has 1 aliphatic carbocycles. The molecule has 0 spiro atoms. The van der Waals surface area contributed by atoms with Crippen molar-refractivity contribution >= 4 is 23.3 Å². The van der Waals surface area contributed by atoms with Crippen LogP contribution >= 0.6 is 11.6 Å². The molecule has 2 rings (SSSR count). The minimum Gasteiger partial charge on any atom is -0.349 e. The number of nitrogens with one attached hydrogen (secondary N) is 2. The lowest BCUT2D eigenvalue weighted by Crippen LogP contribution is -2.38. The van der Waals surface area contributed by atoms with Crippen LogP contribution in [0.3, 0.4) is 0 Å². The number of amides is 1. The quantitative estimate of drug-likeness (QED) is 0.347. The van der Waals surface area contributed by atoms with Gasteiger partial charge in [-0.25, -0.2) is 10.8 Å². The molecule has 1 aromatic rings. The van der Waals surface area contributed by atoms with Gasteiger partial charge in [-0.1, -0.05) is 37.8 Å². The van der Waals surface area contributed by atoms with Crippen molar-refractivity contribution in [3.63, 3.8) is 0 Å². The van der Waals surface area contributed by atoms with Crippen LogP contribution in [0.5, 0.6) is 0 Å². The molecule has 0 aliphatic heterocycles. The van der Waals surface area contributed by atoms with Crippen molar-refractivity contribution in [1.29, 1.82) is 0 Å². The molecule has 4 N–H and O–H groups in total. The number of halogens is 1. The summed E-state index contributed by atoms with van der Waals surface area (Å²) in [5.41, 5.74) is 2.89. The van der Waals surface area contributed by atoms with Crippen molar-refractivity contribution < 1.29 is 4.79 Å². The highest BCUT2D eigenvalue weighted by atomic mass is 35.5. The number of nitrogen functional groups attached to an aromatic ring is 1. The summed E-state index contributed by atoms with van der Waals surface area (Å²) >= 11 is 5.88. The topological polar surface area (TPSA) is 80.0 Å². The van der Waals surface area contributed by atoms with Crippen LogP contribution in [0.25, 0.3) is 0 Å². The van der Waals surface area contributed by atoms with Gasteiger partial charge in [-0.05, 0) is 30.9 Å². The molecule has 5 nitrogen and oxygen atoms in total. The fourth-order valence-electron chi connectivity index (χ4n) is 2.66.